The molecule has 0 spiro atoms. The summed E-state index contributed by atoms with van der Waals surface area (Å²) in [6.07, 6.45) is 5.27. The summed E-state index contributed by atoms with van der Waals surface area (Å²) in [5.41, 5.74) is 11.3. The van der Waals surface area contributed by atoms with E-state index in [4.69, 9.17) is 17.3 Å². The van der Waals surface area contributed by atoms with Gasteiger partial charge in [0.25, 0.3) is 0 Å². The van der Waals surface area contributed by atoms with E-state index in [-0.39, 0.29) is 5.95 Å². The Morgan fingerprint density at radius 1 is 1.14 bits per heavy atom. The van der Waals surface area contributed by atoms with E-state index >= 15 is 0 Å². The lowest BCUT2D eigenvalue weighted by molar-refractivity contribution is 0.282. The number of nitrogens with zero attached hydrogens (tertiary/aromatic N) is 3. The molecule has 1 saturated carbocycles. The van der Waals surface area contributed by atoms with Crippen LogP contribution in [-0.4, -0.2) is 14.9 Å². The van der Waals surface area contributed by atoms with E-state index in [0.717, 1.165) is 25.7 Å². The monoisotopic (exact) mass is 196 g/mol. The van der Waals surface area contributed by atoms with E-state index in [1.165, 1.54) is 11.1 Å². The van der Waals surface area contributed by atoms with Crippen LogP contribution in [0.4, 0.5) is 5.95 Å². The molecular weight excluding hydrogens is 180 g/mol. The number of aromatic nitrogens is 3. The molecule has 0 aliphatic heterocycles. The quantitative estimate of drug-likeness (QED) is 0.534. The SMILES string of the molecule is Nc1nnc(C2(N)CCCCC2)n1N. The van der Waals surface area contributed by atoms with Crippen LogP contribution in [0, 0.1) is 0 Å². The van der Waals surface area contributed by atoms with Crippen LogP contribution in [0.1, 0.15) is 37.9 Å². The van der Waals surface area contributed by atoms with Crippen molar-refractivity contribution in [3.63, 3.8) is 0 Å². The molecule has 6 nitrogen and oxygen atoms in total. The Morgan fingerprint density at radius 3 is 2.29 bits per heavy atom. The van der Waals surface area contributed by atoms with Crippen molar-refractivity contribution in [2.45, 2.75) is 37.6 Å². The van der Waals surface area contributed by atoms with Gasteiger partial charge in [-0.2, -0.15) is 0 Å². The van der Waals surface area contributed by atoms with E-state index in [9.17, 15) is 0 Å². The van der Waals surface area contributed by atoms with Gasteiger partial charge in [0.2, 0.25) is 5.95 Å². The van der Waals surface area contributed by atoms with Crippen molar-refractivity contribution in [1.82, 2.24) is 14.9 Å². The van der Waals surface area contributed by atoms with Crippen LogP contribution in [0.2, 0.25) is 0 Å². The fourth-order valence-electron chi connectivity index (χ4n) is 2.05. The fraction of sp³-hybridized carbons (Fsp3) is 0.750. The largest absolute Gasteiger partial charge is 0.366 e. The second kappa shape index (κ2) is 3.13. The smallest absolute Gasteiger partial charge is 0.240 e. The molecule has 0 amide bonds. The van der Waals surface area contributed by atoms with Gasteiger partial charge in [0, 0.05) is 0 Å². The molecule has 0 atom stereocenters. The Kier molecular flexibility index (Phi) is 2.07. The average Bonchev–Trinajstić information content (AvgIpc) is 2.49. The van der Waals surface area contributed by atoms with Crippen LogP contribution in [0.25, 0.3) is 0 Å². The second-order valence-electron chi connectivity index (χ2n) is 3.97. The van der Waals surface area contributed by atoms with Crippen molar-refractivity contribution in [3.05, 3.63) is 5.82 Å². The van der Waals surface area contributed by atoms with Gasteiger partial charge in [-0.15, -0.1) is 10.2 Å². The van der Waals surface area contributed by atoms with Crippen molar-refractivity contribution < 1.29 is 0 Å². The molecule has 1 aliphatic rings. The van der Waals surface area contributed by atoms with Gasteiger partial charge in [0.1, 0.15) is 0 Å². The van der Waals surface area contributed by atoms with Gasteiger partial charge in [-0.1, -0.05) is 19.3 Å². The molecular formula is C8H16N6. The molecule has 14 heavy (non-hydrogen) atoms. The number of hydrogen-bond acceptors (Lipinski definition) is 5. The molecule has 0 radical (unpaired) electrons. The van der Waals surface area contributed by atoms with Crippen molar-refractivity contribution in [2.75, 3.05) is 11.6 Å². The number of nitrogen functional groups attached to an aromatic ring is 2. The Bertz CT molecular complexity index is 325. The lowest BCUT2D eigenvalue weighted by Crippen LogP contribution is -2.42. The van der Waals surface area contributed by atoms with Gasteiger partial charge >= 0.3 is 0 Å². The maximum absolute atomic E-state index is 6.24. The molecule has 78 valence electrons. The van der Waals surface area contributed by atoms with E-state index < -0.39 is 5.54 Å². The number of hydrogen-bond donors (Lipinski definition) is 3. The third kappa shape index (κ3) is 1.31. The van der Waals surface area contributed by atoms with Crippen LogP contribution >= 0.6 is 0 Å². The zero-order chi connectivity index (χ0) is 10.2. The van der Waals surface area contributed by atoms with Gasteiger partial charge in [0.15, 0.2) is 5.82 Å². The van der Waals surface area contributed by atoms with Crippen molar-refractivity contribution in [2.24, 2.45) is 5.73 Å². The highest BCUT2D eigenvalue weighted by atomic mass is 15.5. The normalized spacial score (nSPS) is 20.9. The Balaban J connectivity index is 2.32. The molecule has 6 N–H and O–H groups in total. The first kappa shape index (κ1) is 9.26. The zero-order valence-electron chi connectivity index (χ0n) is 8.11. The number of anilines is 1. The molecule has 2 rings (SSSR count). The number of nitrogens with two attached hydrogens (primary N) is 3. The standard InChI is InChI=1S/C8H16N6/c9-7-13-12-6(14(7)11)8(10)4-2-1-3-5-8/h1-5,10-11H2,(H2,9,13). The summed E-state index contributed by atoms with van der Waals surface area (Å²) in [5, 5.41) is 7.67. The molecule has 0 aromatic carbocycles. The van der Waals surface area contributed by atoms with Gasteiger partial charge in [-0.25, -0.2) is 4.68 Å². The fourth-order valence-corrected chi connectivity index (χ4v) is 2.05. The van der Waals surface area contributed by atoms with E-state index in [2.05, 4.69) is 10.2 Å². The van der Waals surface area contributed by atoms with Crippen molar-refractivity contribution in [1.29, 1.82) is 0 Å². The maximum Gasteiger partial charge on any atom is 0.240 e. The molecule has 1 aromatic rings. The molecule has 0 unspecified atom stereocenters. The summed E-state index contributed by atoms with van der Waals surface area (Å²) >= 11 is 0. The predicted molar refractivity (Wildman–Crippen MR) is 53.5 cm³/mol. The molecule has 1 aliphatic carbocycles. The van der Waals surface area contributed by atoms with E-state index in [1.807, 2.05) is 0 Å². The van der Waals surface area contributed by atoms with Crippen molar-refractivity contribution in [3.8, 4) is 0 Å². The summed E-state index contributed by atoms with van der Waals surface area (Å²) in [6.45, 7) is 0. The Morgan fingerprint density at radius 2 is 1.79 bits per heavy atom. The van der Waals surface area contributed by atoms with Gasteiger partial charge in [0.05, 0.1) is 5.54 Å². The topological polar surface area (TPSA) is 109 Å². The molecule has 0 saturated heterocycles. The van der Waals surface area contributed by atoms with Crippen LogP contribution < -0.4 is 17.3 Å². The van der Waals surface area contributed by atoms with Crippen LogP contribution in [0.5, 0.6) is 0 Å². The lowest BCUT2D eigenvalue weighted by Gasteiger charge is -2.31. The van der Waals surface area contributed by atoms with E-state index in [0.29, 0.717) is 5.82 Å². The highest BCUT2D eigenvalue weighted by Crippen LogP contribution is 2.33. The molecule has 1 aromatic heterocycles. The molecule has 6 heteroatoms. The van der Waals surface area contributed by atoms with Gasteiger partial charge in [-0.05, 0) is 12.8 Å². The van der Waals surface area contributed by atoms with Gasteiger partial charge in [-0.3, -0.25) is 0 Å². The molecule has 1 fully saturated rings. The third-order valence-electron chi connectivity index (χ3n) is 2.91. The lowest BCUT2D eigenvalue weighted by atomic mass is 9.82. The highest BCUT2D eigenvalue weighted by molar-refractivity contribution is 5.21. The summed E-state index contributed by atoms with van der Waals surface area (Å²) in [7, 11) is 0. The second-order valence-corrected chi connectivity index (χ2v) is 3.97. The van der Waals surface area contributed by atoms with Crippen LogP contribution in [-0.2, 0) is 5.54 Å². The minimum Gasteiger partial charge on any atom is -0.366 e. The minimum absolute atomic E-state index is 0.218. The first-order valence-electron chi connectivity index (χ1n) is 4.89. The zero-order valence-corrected chi connectivity index (χ0v) is 8.11. The first-order chi connectivity index (χ1) is 6.63. The summed E-state index contributed by atoms with van der Waals surface area (Å²) in [4.78, 5) is 0. The predicted octanol–water partition coefficient (Wildman–Crippen LogP) is -0.308. The summed E-state index contributed by atoms with van der Waals surface area (Å²) in [5.74, 6) is 6.53. The highest BCUT2D eigenvalue weighted by Gasteiger charge is 2.34. The van der Waals surface area contributed by atoms with Gasteiger partial charge < -0.3 is 17.3 Å². The third-order valence-corrected chi connectivity index (χ3v) is 2.91. The van der Waals surface area contributed by atoms with Crippen molar-refractivity contribution >= 4 is 5.95 Å². The maximum atomic E-state index is 6.24. The van der Waals surface area contributed by atoms with Crippen LogP contribution in [0.15, 0.2) is 0 Å². The van der Waals surface area contributed by atoms with Crippen LogP contribution in [0.3, 0.4) is 0 Å². The van der Waals surface area contributed by atoms with E-state index in [1.54, 1.807) is 0 Å². The molecule has 1 heterocycles. The first-order valence-corrected chi connectivity index (χ1v) is 4.89. The Labute approximate surface area is 82.4 Å². The molecule has 0 bridgehead atoms. The number of rotatable bonds is 1. The summed E-state index contributed by atoms with van der Waals surface area (Å²) in [6, 6.07) is 0. The average molecular weight is 196 g/mol. The Hall–Kier alpha value is -1.30. The summed E-state index contributed by atoms with van der Waals surface area (Å²) < 4.78 is 1.30. The minimum atomic E-state index is -0.433.